The summed E-state index contributed by atoms with van der Waals surface area (Å²) in [6.45, 7) is -0.750. The lowest BCUT2D eigenvalue weighted by Crippen LogP contribution is -2.43. The first-order chi connectivity index (χ1) is 35.4. The summed E-state index contributed by atoms with van der Waals surface area (Å²) in [6, 6.07) is 18.1. The molecule has 0 fully saturated rings. The van der Waals surface area contributed by atoms with E-state index in [0.717, 1.165) is 49.7 Å². The number of benzene rings is 2. The molecular weight excluding hydrogens is 981 g/mol. The fraction of sp³-hybridized carbons (Fsp3) is 0.566. The first-order valence-corrected chi connectivity index (χ1v) is 24.5. The Kier molecular flexibility index (Phi) is 42.3. The molecule has 0 spiro atoms. The van der Waals surface area contributed by atoms with Gasteiger partial charge in [-0.15, -0.1) is 0 Å². The minimum atomic E-state index is -1.33. The molecule has 0 saturated carbocycles. The molecule has 0 aliphatic carbocycles. The van der Waals surface area contributed by atoms with E-state index in [1.165, 1.54) is 26.2 Å². The molecule has 0 atom stereocenters. The van der Waals surface area contributed by atoms with Gasteiger partial charge in [-0.1, -0.05) is 93.8 Å². The topological polar surface area (TPSA) is 319 Å². The van der Waals surface area contributed by atoms with Crippen molar-refractivity contribution >= 4 is 65.3 Å². The number of unbranched alkanes of at least 4 members (excludes halogenated alkanes) is 7. The van der Waals surface area contributed by atoms with E-state index in [1.54, 1.807) is 24.3 Å². The van der Waals surface area contributed by atoms with Gasteiger partial charge in [-0.25, -0.2) is 0 Å². The van der Waals surface area contributed by atoms with Crippen LogP contribution in [0.25, 0.3) is 0 Å². The second-order valence-electron chi connectivity index (χ2n) is 16.5. The fourth-order valence-corrected chi connectivity index (χ4v) is 6.31. The Morgan fingerprint density at radius 3 is 1.21 bits per heavy atom. The van der Waals surface area contributed by atoms with Crippen LogP contribution in [-0.2, 0) is 89.6 Å². The van der Waals surface area contributed by atoms with Crippen molar-refractivity contribution in [1.29, 1.82) is 0 Å². The van der Waals surface area contributed by atoms with Crippen molar-refractivity contribution < 1.29 is 86.6 Å². The second-order valence-corrected chi connectivity index (χ2v) is 16.5. The summed E-state index contributed by atoms with van der Waals surface area (Å²) in [5.41, 5.74) is 6.88. The van der Waals surface area contributed by atoms with Gasteiger partial charge < -0.3 is 54.7 Å². The maximum absolute atomic E-state index is 12.9. The van der Waals surface area contributed by atoms with Gasteiger partial charge in [-0.05, 0) is 56.2 Å². The van der Waals surface area contributed by atoms with E-state index in [1.807, 2.05) is 36.4 Å². The lowest BCUT2D eigenvalue weighted by atomic mass is 10.1. The largest absolute Gasteiger partial charge is 0.480 e. The summed E-state index contributed by atoms with van der Waals surface area (Å²) < 4.78 is 23.9. The average molecular weight is 1060 g/mol. The summed E-state index contributed by atoms with van der Waals surface area (Å²) >= 11 is 0. The van der Waals surface area contributed by atoms with E-state index in [4.69, 9.17) is 25.4 Å². The molecule has 0 radical (unpaired) electrons. The Bertz CT molecular complexity index is 1940. The van der Waals surface area contributed by atoms with Crippen molar-refractivity contribution in [2.24, 2.45) is 5.73 Å². The molecule has 0 bridgehead atoms. The third kappa shape index (κ3) is 40.9. The molecule has 22 nitrogen and oxygen atoms in total. The van der Waals surface area contributed by atoms with Crippen molar-refractivity contribution in [3.8, 4) is 0 Å². The molecule has 0 aliphatic rings. The number of carbonyl (C=O) groups excluding carboxylic acids is 9. The maximum atomic E-state index is 12.9. The second kappa shape index (κ2) is 45.4. The number of nitrogens with one attached hydrogen (secondary N) is 1. The molecule has 0 unspecified atom stereocenters. The van der Waals surface area contributed by atoms with Gasteiger partial charge in [-0.2, -0.15) is 0 Å². The Morgan fingerprint density at radius 2 is 0.827 bits per heavy atom. The normalized spacial score (nSPS) is 9.97. The number of ether oxygens (including phenoxy) is 5. The summed E-state index contributed by atoms with van der Waals surface area (Å²) in [5, 5.41) is 20.0. The smallest absolute Gasteiger partial charge is 0.323 e. The van der Waals surface area contributed by atoms with Gasteiger partial charge in [0, 0.05) is 45.1 Å². The standard InChI is InChI=1S/C30H44N2O9.C15H17NO7.C7H15NO2.CH4/c1-39-28(36)16-10-4-3-9-15-25(33)21-32(22-26(34)31-20-12-6-11-17-29(37)40-2)27(35)18-19-30(38)41-23-24-13-7-5-8-14-24;17-12(16(8-13(18)19)9-14(20)21)6-7-15(22)23-10-11-4-2-1-3-5-11;1-10-7(9)5-3-2-4-6-8;/h5,7-8,13-14H,3-4,6,9-12,15-23H2,1-2H3,(H,31,34);1-5H,6-10H2,(H,18,19)(H,20,21);2-6,8H2,1H3;1H4. The average Bonchev–Trinajstić information content (AvgIpc) is 3.39. The molecule has 2 rings (SSSR count). The van der Waals surface area contributed by atoms with Crippen LogP contribution in [0.5, 0.6) is 0 Å². The molecule has 5 N–H and O–H groups in total. The third-order valence-electron chi connectivity index (χ3n) is 10.4. The van der Waals surface area contributed by atoms with E-state index >= 15 is 0 Å². The summed E-state index contributed by atoms with van der Waals surface area (Å²) in [6.07, 6.45) is 8.23. The van der Waals surface area contributed by atoms with Crippen LogP contribution in [0, 0.1) is 0 Å². The zero-order chi connectivity index (χ0) is 55.4. The number of hydrogen-bond acceptors (Lipinski definition) is 17. The van der Waals surface area contributed by atoms with Gasteiger partial charge in [0.25, 0.3) is 0 Å². The zero-order valence-corrected chi connectivity index (χ0v) is 43.1. The number of rotatable bonds is 36. The number of nitrogens with two attached hydrogens (primary N) is 1. The number of Topliss-reactive ketones (excluding diaryl/α,β-unsaturated/α-hetero) is 1. The number of methoxy groups -OCH3 is 3. The number of aliphatic carboxylic acids is 2. The Balaban J connectivity index is 0. The number of carboxylic acid groups (broad SMARTS) is 2. The molecule has 0 aromatic heterocycles. The number of carbonyl (C=O) groups is 11. The van der Waals surface area contributed by atoms with Crippen molar-refractivity contribution in [2.45, 2.75) is 136 Å². The minimum Gasteiger partial charge on any atom is -0.480 e. The van der Waals surface area contributed by atoms with E-state index in [0.29, 0.717) is 62.9 Å². The molecule has 3 amide bonds. The van der Waals surface area contributed by atoms with Gasteiger partial charge in [0.15, 0.2) is 5.78 Å². The fourth-order valence-electron chi connectivity index (χ4n) is 6.31. The van der Waals surface area contributed by atoms with Crippen LogP contribution in [0.4, 0.5) is 0 Å². The van der Waals surface area contributed by atoms with Gasteiger partial charge in [0.2, 0.25) is 17.7 Å². The number of amides is 3. The first kappa shape index (κ1) is 69.8. The highest BCUT2D eigenvalue weighted by Gasteiger charge is 2.22. The molecular formula is C53H80N4O18. The first-order valence-electron chi connectivity index (χ1n) is 24.5. The summed E-state index contributed by atoms with van der Waals surface area (Å²) in [7, 11) is 4.09. The Hall–Kier alpha value is -7.23. The zero-order valence-electron chi connectivity index (χ0n) is 43.1. The third-order valence-corrected chi connectivity index (χ3v) is 10.4. The van der Waals surface area contributed by atoms with Crippen LogP contribution in [0.2, 0.25) is 0 Å². The molecule has 2 aromatic rings. The molecule has 420 valence electrons. The molecule has 2 aromatic carbocycles. The molecule has 0 heterocycles. The van der Waals surface area contributed by atoms with E-state index in [9.17, 15) is 52.7 Å². The SMILES string of the molecule is C.COC(=O)CCCCCCC(=O)CN(CC(=O)NCCCCCC(=O)OC)C(=O)CCC(=O)OCc1ccccc1.COC(=O)CCCCCN.O=C(O)CN(CC(=O)O)C(=O)CCC(=O)OCc1ccccc1. The molecule has 0 aliphatic heterocycles. The lowest BCUT2D eigenvalue weighted by Gasteiger charge is -2.21. The van der Waals surface area contributed by atoms with Crippen LogP contribution in [0.1, 0.15) is 134 Å². The van der Waals surface area contributed by atoms with Gasteiger partial charge in [-0.3, -0.25) is 52.7 Å². The summed E-state index contributed by atoms with van der Waals surface area (Å²) in [4.78, 5) is 129. The van der Waals surface area contributed by atoms with Crippen molar-refractivity contribution in [2.75, 3.05) is 60.6 Å². The van der Waals surface area contributed by atoms with Gasteiger partial charge in [0.1, 0.15) is 26.3 Å². The van der Waals surface area contributed by atoms with Crippen molar-refractivity contribution in [1.82, 2.24) is 15.1 Å². The quantitative estimate of drug-likeness (QED) is 0.0392. The highest BCUT2D eigenvalue weighted by molar-refractivity contribution is 5.91. The Morgan fingerprint density at radius 1 is 0.453 bits per heavy atom. The number of esters is 5. The highest BCUT2D eigenvalue weighted by atomic mass is 16.5. The van der Waals surface area contributed by atoms with Gasteiger partial charge in [0.05, 0.1) is 47.3 Å². The van der Waals surface area contributed by atoms with E-state index < -0.39 is 54.7 Å². The van der Waals surface area contributed by atoms with Crippen LogP contribution >= 0.6 is 0 Å². The summed E-state index contributed by atoms with van der Waals surface area (Å²) in [5.74, 6) is -6.30. The van der Waals surface area contributed by atoms with Crippen LogP contribution in [0.3, 0.4) is 0 Å². The number of carboxylic acids is 2. The van der Waals surface area contributed by atoms with Crippen LogP contribution < -0.4 is 11.1 Å². The Labute approximate surface area is 440 Å². The maximum Gasteiger partial charge on any atom is 0.323 e. The van der Waals surface area contributed by atoms with Crippen molar-refractivity contribution in [3.63, 3.8) is 0 Å². The number of hydrogen-bond donors (Lipinski definition) is 4. The van der Waals surface area contributed by atoms with Crippen LogP contribution in [-0.4, -0.2) is 146 Å². The molecule has 75 heavy (non-hydrogen) atoms. The monoisotopic (exact) mass is 1060 g/mol. The molecule has 22 heteroatoms. The predicted octanol–water partition coefficient (Wildman–Crippen LogP) is 5.09. The minimum absolute atomic E-state index is 0. The highest BCUT2D eigenvalue weighted by Crippen LogP contribution is 2.10. The number of nitrogens with zero attached hydrogens (tertiary/aromatic N) is 2. The van der Waals surface area contributed by atoms with E-state index in [-0.39, 0.29) is 89.5 Å². The lowest BCUT2D eigenvalue weighted by molar-refractivity contribution is -0.151. The molecule has 0 saturated heterocycles. The van der Waals surface area contributed by atoms with E-state index in [2.05, 4.69) is 19.5 Å². The van der Waals surface area contributed by atoms with Gasteiger partial charge >= 0.3 is 41.8 Å². The van der Waals surface area contributed by atoms with Crippen molar-refractivity contribution in [3.05, 3.63) is 71.8 Å². The van der Waals surface area contributed by atoms with Crippen LogP contribution in [0.15, 0.2) is 60.7 Å². The predicted molar refractivity (Wildman–Crippen MR) is 274 cm³/mol. The number of ketones is 1.